The second kappa shape index (κ2) is 2.09. The van der Waals surface area contributed by atoms with Gasteiger partial charge in [-0.1, -0.05) is 0 Å². The maximum Gasteiger partial charge on any atom is 0.199 e. The van der Waals surface area contributed by atoms with Crippen LogP contribution in [0.15, 0.2) is 0 Å². The summed E-state index contributed by atoms with van der Waals surface area (Å²) in [6.45, 7) is 0. The van der Waals surface area contributed by atoms with Gasteiger partial charge in [0.2, 0.25) is 0 Å². The largest absolute Gasteiger partial charge is 0.303 e. The molecule has 0 atom stereocenters. The van der Waals surface area contributed by atoms with E-state index in [9.17, 15) is 14.4 Å². The molecule has 0 aromatic rings. The first-order chi connectivity index (χ1) is 4.24. The average Bonchev–Trinajstić information content (AvgIpc) is 2.13. The van der Waals surface area contributed by atoms with Crippen LogP contribution >= 0.6 is 0 Å². The zero-order valence-corrected chi connectivity index (χ0v) is 4.79. The third kappa shape index (κ3) is 1.04. The minimum Gasteiger partial charge on any atom is -0.303 e. The predicted octanol–water partition coefficient (Wildman–Crippen LogP) is -0.267. The summed E-state index contributed by atoms with van der Waals surface area (Å²) in [7, 11) is 0. The number of hydrogen-bond acceptors (Lipinski definition) is 3. The van der Waals surface area contributed by atoms with E-state index in [1.54, 1.807) is 0 Å². The first-order valence-corrected chi connectivity index (χ1v) is 2.75. The number of rotatable bonds is 1. The lowest BCUT2D eigenvalue weighted by atomic mass is 10.1. The van der Waals surface area contributed by atoms with Gasteiger partial charge in [-0.25, -0.2) is 0 Å². The Labute approximate surface area is 52.0 Å². The number of ketones is 2. The van der Waals surface area contributed by atoms with E-state index in [0.717, 1.165) is 0 Å². The Morgan fingerprint density at radius 2 is 1.67 bits per heavy atom. The van der Waals surface area contributed by atoms with E-state index < -0.39 is 11.6 Å². The lowest BCUT2D eigenvalue weighted by Crippen LogP contribution is -2.01. The number of Topliss-reactive ketones (excluding diaryl/α,β-unsaturated/α-hetero) is 2. The molecule has 0 bridgehead atoms. The predicted molar refractivity (Wildman–Crippen MR) is 28.8 cm³/mol. The van der Waals surface area contributed by atoms with Gasteiger partial charge in [0.1, 0.15) is 6.29 Å². The minimum atomic E-state index is -0.396. The van der Waals surface area contributed by atoms with Crippen LogP contribution in [0.5, 0.6) is 0 Å². The highest BCUT2D eigenvalue weighted by Gasteiger charge is 2.29. The molecule has 0 amide bonds. The molecule has 1 aliphatic carbocycles. The topological polar surface area (TPSA) is 51.2 Å². The van der Waals surface area contributed by atoms with Gasteiger partial charge in [-0.05, 0) is 0 Å². The molecule has 0 heterocycles. The van der Waals surface area contributed by atoms with Crippen molar-refractivity contribution in [3.63, 3.8) is 0 Å². The van der Waals surface area contributed by atoms with E-state index in [1.807, 2.05) is 0 Å². The summed E-state index contributed by atoms with van der Waals surface area (Å²) in [6.07, 6.45) is 0.924. The highest BCUT2D eigenvalue weighted by atomic mass is 16.2. The fourth-order valence-corrected chi connectivity index (χ4v) is 0.872. The molecule has 0 aromatic heterocycles. The summed E-state index contributed by atoms with van der Waals surface area (Å²) in [5.74, 6) is -1.12. The van der Waals surface area contributed by atoms with Crippen molar-refractivity contribution in [1.82, 2.24) is 0 Å². The van der Waals surface area contributed by atoms with Gasteiger partial charge in [0.25, 0.3) is 0 Å². The number of hydrogen-bond donors (Lipinski definition) is 0. The molecule has 0 radical (unpaired) electrons. The molecule has 3 heteroatoms. The normalized spacial score (nSPS) is 20.9. The quantitative estimate of drug-likeness (QED) is 0.359. The molecule has 1 saturated carbocycles. The fourth-order valence-electron chi connectivity index (χ4n) is 0.872. The number of carbonyl (C=O) groups excluding carboxylic acids is 3. The summed E-state index contributed by atoms with van der Waals surface area (Å²) >= 11 is 0. The van der Waals surface area contributed by atoms with Gasteiger partial charge < -0.3 is 4.79 Å². The molecule has 0 aromatic carbocycles. The summed E-state index contributed by atoms with van der Waals surface area (Å²) in [6, 6.07) is 0. The van der Waals surface area contributed by atoms with E-state index in [-0.39, 0.29) is 18.8 Å². The Morgan fingerprint density at radius 1 is 1.22 bits per heavy atom. The molecule has 1 fully saturated rings. The van der Waals surface area contributed by atoms with Gasteiger partial charge in [-0.15, -0.1) is 0 Å². The molecular formula is C6H6O3. The van der Waals surface area contributed by atoms with Crippen molar-refractivity contribution in [1.29, 1.82) is 0 Å². The SMILES string of the molecule is O=CC1CC(=O)C(=O)C1. The minimum absolute atomic E-state index is 0.127. The summed E-state index contributed by atoms with van der Waals surface area (Å²) < 4.78 is 0. The van der Waals surface area contributed by atoms with Crippen LogP contribution < -0.4 is 0 Å². The van der Waals surface area contributed by atoms with Crippen molar-refractivity contribution in [2.45, 2.75) is 12.8 Å². The van der Waals surface area contributed by atoms with E-state index in [1.165, 1.54) is 0 Å². The van der Waals surface area contributed by atoms with Gasteiger partial charge in [0.05, 0.1) is 0 Å². The van der Waals surface area contributed by atoms with Crippen LogP contribution in [-0.4, -0.2) is 17.9 Å². The lowest BCUT2D eigenvalue weighted by molar-refractivity contribution is -0.134. The first-order valence-electron chi connectivity index (χ1n) is 2.75. The van der Waals surface area contributed by atoms with Crippen LogP contribution in [0.1, 0.15) is 12.8 Å². The van der Waals surface area contributed by atoms with Gasteiger partial charge in [-0.2, -0.15) is 0 Å². The van der Waals surface area contributed by atoms with Crippen molar-refractivity contribution in [3.05, 3.63) is 0 Å². The molecule has 1 rings (SSSR count). The average molecular weight is 126 g/mol. The Hall–Kier alpha value is -0.990. The Kier molecular flexibility index (Phi) is 1.42. The van der Waals surface area contributed by atoms with Crippen molar-refractivity contribution >= 4 is 17.9 Å². The highest BCUT2D eigenvalue weighted by molar-refractivity contribution is 6.39. The lowest BCUT2D eigenvalue weighted by Gasteiger charge is -1.87. The Morgan fingerprint density at radius 3 is 1.89 bits per heavy atom. The first kappa shape index (κ1) is 6.13. The van der Waals surface area contributed by atoms with E-state index in [4.69, 9.17) is 0 Å². The maximum absolute atomic E-state index is 10.4. The molecule has 9 heavy (non-hydrogen) atoms. The Bertz CT molecular complexity index is 155. The molecule has 0 aliphatic heterocycles. The van der Waals surface area contributed by atoms with Gasteiger partial charge in [-0.3, -0.25) is 9.59 Å². The fraction of sp³-hybridized carbons (Fsp3) is 0.500. The molecule has 0 N–H and O–H groups in total. The maximum atomic E-state index is 10.4. The van der Waals surface area contributed by atoms with E-state index in [0.29, 0.717) is 6.29 Å². The second-order valence-electron chi connectivity index (χ2n) is 2.15. The molecular weight excluding hydrogens is 120 g/mol. The van der Waals surface area contributed by atoms with Crippen LogP contribution in [0, 0.1) is 5.92 Å². The standard InChI is InChI=1S/C6H6O3/c7-3-4-1-5(8)6(9)2-4/h3-4H,1-2H2. The third-order valence-corrected chi connectivity index (χ3v) is 1.40. The molecule has 3 nitrogen and oxygen atoms in total. The highest BCUT2D eigenvalue weighted by Crippen LogP contribution is 2.15. The zero-order valence-electron chi connectivity index (χ0n) is 4.79. The number of aldehydes is 1. The molecule has 0 spiro atoms. The van der Waals surface area contributed by atoms with E-state index in [2.05, 4.69) is 0 Å². The summed E-state index contributed by atoms with van der Waals surface area (Å²) in [5.41, 5.74) is 0. The van der Waals surface area contributed by atoms with Crippen molar-refractivity contribution in [3.8, 4) is 0 Å². The van der Waals surface area contributed by atoms with Gasteiger partial charge in [0.15, 0.2) is 11.6 Å². The van der Waals surface area contributed by atoms with Crippen LogP contribution in [-0.2, 0) is 14.4 Å². The second-order valence-corrected chi connectivity index (χ2v) is 2.15. The van der Waals surface area contributed by atoms with Gasteiger partial charge in [0, 0.05) is 18.8 Å². The molecule has 0 saturated heterocycles. The van der Waals surface area contributed by atoms with Crippen LogP contribution in [0.2, 0.25) is 0 Å². The van der Waals surface area contributed by atoms with Crippen molar-refractivity contribution in [2.24, 2.45) is 5.92 Å². The zero-order chi connectivity index (χ0) is 6.85. The smallest absolute Gasteiger partial charge is 0.199 e. The van der Waals surface area contributed by atoms with Crippen molar-refractivity contribution in [2.75, 3.05) is 0 Å². The van der Waals surface area contributed by atoms with Crippen LogP contribution in [0.3, 0.4) is 0 Å². The van der Waals surface area contributed by atoms with E-state index >= 15 is 0 Å². The molecule has 48 valence electrons. The molecule has 0 unspecified atom stereocenters. The Balaban J connectivity index is 2.64. The summed E-state index contributed by atoms with van der Waals surface area (Å²) in [5, 5.41) is 0. The molecule has 1 aliphatic rings. The monoisotopic (exact) mass is 126 g/mol. The van der Waals surface area contributed by atoms with Crippen molar-refractivity contribution < 1.29 is 14.4 Å². The van der Waals surface area contributed by atoms with Gasteiger partial charge >= 0.3 is 0 Å². The summed E-state index contributed by atoms with van der Waals surface area (Å²) in [4.78, 5) is 30.9. The van der Waals surface area contributed by atoms with Crippen LogP contribution in [0.4, 0.5) is 0 Å². The number of carbonyl (C=O) groups is 3. The van der Waals surface area contributed by atoms with Crippen LogP contribution in [0.25, 0.3) is 0 Å². The third-order valence-electron chi connectivity index (χ3n) is 1.40.